The second-order valence-electron chi connectivity index (χ2n) is 7.28. The number of aliphatic hydroxyl groups excluding tert-OH is 3. The molecule has 6 N–H and O–H groups in total. The maximum atomic E-state index is 13.2. The van der Waals surface area contributed by atoms with Gasteiger partial charge in [-0.25, -0.2) is 0 Å². The van der Waals surface area contributed by atoms with Crippen molar-refractivity contribution < 1.29 is 44.5 Å². The normalized spacial score (nSPS) is 26.1. The summed E-state index contributed by atoms with van der Waals surface area (Å²) in [6.07, 6.45) is -7.09. The summed E-state index contributed by atoms with van der Waals surface area (Å²) in [5, 5.41) is 59.5. The zero-order valence-electron chi connectivity index (χ0n) is 16.2. The molecule has 10 nitrogen and oxygen atoms in total. The van der Waals surface area contributed by atoms with Crippen LogP contribution in [0.2, 0.25) is 0 Å². The topological polar surface area (TPSA) is 170 Å². The van der Waals surface area contributed by atoms with Crippen LogP contribution in [-0.2, 0) is 4.74 Å². The zero-order chi connectivity index (χ0) is 22.4. The molecule has 31 heavy (non-hydrogen) atoms. The number of ether oxygens (including phenoxy) is 2. The molecule has 0 unspecified atom stereocenters. The zero-order valence-corrected chi connectivity index (χ0v) is 16.2. The Labute approximate surface area is 174 Å². The molecule has 1 fully saturated rings. The number of rotatable bonds is 3. The van der Waals surface area contributed by atoms with E-state index in [9.17, 15) is 35.4 Å². The summed E-state index contributed by atoms with van der Waals surface area (Å²) >= 11 is 0. The van der Waals surface area contributed by atoms with Gasteiger partial charge >= 0.3 is 0 Å². The first-order valence-electron chi connectivity index (χ1n) is 9.36. The van der Waals surface area contributed by atoms with Crippen LogP contribution in [0.15, 0.2) is 45.6 Å². The van der Waals surface area contributed by atoms with Crippen LogP contribution >= 0.6 is 0 Å². The van der Waals surface area contributed by atoms with Crippen molar-refractivity contribution in [3.63, 3.8) is 0 Å². The van der Waals surface area contributed by atoms with Gasteiger partial charge in [0.05, 0.1) is 11.5 Å². The first-order chi connectivity index (χ1) is 14.7. The van der Waals surface area contributed by atoms with E-state index in [0.29, 0.717) is 5.56 Å². The van der Waals surface area contributed by atoms with Crippen molar-refractivity contribution in [1.29, 1.82) is 0 Å². The molecule has 1 aromatic heterocycles. The second-order valence-corrected chi connectivity index (χ2v) is 7.28. The molecule has 1 aliphatic rings. The molecule has 0 aliphatic carbocycles. The van der Waals surface area contributed by atoms with Gasteiger partial charge in [0.1, 0.15) is 29.8 Å². The van der Waals surface area contributed by atoms with Crippen molar-refractivity contribution in [2.24, 2.45) is 0 Å². The lowest BCUT2D eigenvalue weighted by molar-refractivity contribution is -0.268. The third kappa shape index (κ3) is 3.66. The number of fused-ring (bicyclic) bond motifs is 1. The van der Waals surface area contributed by atoms with E-state index in [0.717, 1.165) is 12.1 Å². The monoisotopic (exact) mass is 432 g/mol. The highest BCUT2D eigenvalue weighted by atomic mass is 16.7. The van der Waals surface area contributed by atoms with Gasteiger partial charge in [-0.1, -0.05) is 0 Å². The first kappa shape index (κ1) is 20.9. The fourth-order valence-corrected chi connectivity index (χ4v) is 3.39. The van der Waals surface area contributed by atoms with Crippen LogP contribution in [-0.4, -0.2) is 61.3 Å². The number of hydrogen-bond donors (Lipinski definition) is 6. The number of hydrogen-bond acceptors (Lipinski definition) is 10. The molecule has 0 amide bonds. The smallest absolute Gasteiger partial charge is 0.235 e. The maximum absolute atomic E-state index is 13.2. The Bertz CT molecular complexity index is 1170. The Morgan fingerprint density at radius 2 is 1.58 bits per heavy atom. The van der Waals surface area contributed by atoms with E-state index >= 15 is 0 Å². The lowest BCUT2D eigenvalue weighted by Gasteiger charge is -2.38. The summed E-state index contributed by atoms with van der Waals surface area (Å²) in [5.41, 5.74) is -0.718. The van der Waals surface area contributed by atoms with Crippen LogP contribution in [0.25, 0.3) is 22.3 Å². The number of phenolic OH excluding ortho intramolecular Hbond substituents is 3. The summed E-state index contributed by atoms with van der Waals surface area (Å²) < 4.78 is 16.7. The molecule has 1 saturated heterocycles. The molecule has 4 rings (SSSR count). The van der Waals surface area contributed by atoms with E-state index in [2.05, 4.69) is 0 Å². The lowest BCUT2D eigenvalue weighted by atomic mass is 10.00. The molecular weight excluding hydrogens is 412 g/mol. The number of aromatic hydroxyl groups is 3. The van der Waals surface area contributed by atoms with Crippen LogP contribution in [0.5, 0.6) is 23.0 Å². The van der Waals surface area contributed by atoms with Crippen molar-refractivity contribution in [3.8, 4) is 34.3 Å². The average Bonchev–Trinajstić information content (AvgIpc) is 2.73. The van der Waals surface area contributed by atoms with Gasteiger partial charge in [-0.2, -0.15) is 0 Å². The highest BCUT2D eigenvalue weighted by Gasteiger charge is 2.43. The van der Waals surface area contributed by atoms with Gasteiger partial charge in [0.25, 0.3) is 0 Å². The van der Waals surface area contributed by atoms with Crippen LogP contribution in [0.3, 0.4) is 0 Å². The summed E-state index contributed by atoms with van der Waals surface area (Å²) in [6.45, 7) is 1.45. The second kappa shape index (κ2) is 7.75. The van der Waals surface area contributed by atoms with Crippen molar-refractivity contribution >= 4 is 11.0 Å². The summed E-state index contributed by atoms with van der Waals surface area (Å²) in [4.78, 5) is 13.2. The highest BCUT2D eigenvalue weighted by Crippen LogP contribution is 2.37. The summed E-state index contributed by atoms with van der Waals surface area (Å²) in [6, 6.07) is 7.63. The number of phenols is 3. The van der Waals surface area contributed by atoms with Gasteiger partial charge in [-0.05, 0) is 37.3 Å². The van der Waals surface area contributed by atoms with Crippen molar-refractivity contribution in [3.05, 3.63) is 46.6 Å². The number of aliphatic hydroxyl groups is 3. The minimum atomic E-state index is -1.69. The summed E-state index contributed by atoms with van der Waals surface area (Å²) in [5.74, 6) is -1.49. The molecule has 2 aromatic carbocycles. The first-order valence-corrected chi connectivity index (χ1v) is 9.36. The molecule has 0 saturated carbocycles. The lowest BCUT2D eigenvalue weighted by Crippen LogP contribution is -2.58. The Morgan fingerprint density at radius 1 is 0.903 bits per heavy atom. The predicted molar refractivity (Wildman–Crippen MR) is 106 cm³/mol. The minimum Gasteiger partial charge on any atom is -0.508 e. The highest BCUT2D eigenvalue weighted by molar-refractivity contribution is 5.87. The Balaban J connectivity index is 1.90. The van der Waals surface area contributed by atoms with Gasteiger partial charge in [-0.15, -0.1) is 0 Å². The fourth-order valence-electron chi connectivity index (χ4n) is 3.39. The van der Waals surface area contributed by atoms with E-state index in [1.165, 1.54) is 31.2 Å². The van der Waals surface area contributed by atoms with Gasteiger partial charge in [0.15, 0.2) is 17.1 Å². The van der Waals surface area contributed by atoms with Gasteiger partial charge in [-0.3, -0.25) is 4.79 Å². The Hall–Kier alpha value is -3.31. The van der Waals surface area contributed by atoms with Gasteiger partial charge < -0.3 is 44.5 Å². The largest absolute Gasteiger partial charge is 0.508 e. The molecule has 2 heterocycles. The van der Waals surface area contributed by atoms with E-state index in [-0.39, 0.29) is 28.2 Å². The maximum Gasteiger partial charge on any atom is 0.235 e. The Morgan fingerprint density at radius 3 is 2.26 bits per heavy atom. The molecule has 0 radical (unpaired) electrons. The van der Waals surface area contributed by atoms with E-state index in [1.807, 2.05) is 0 Å². The molecule has 0 bridgehead atoms. The van der Waals surface area contributed by atoms with Crippen molar-refractivity contribution in [2.45, 2.75) is 37.6 Å². The van der Waals surface area contributed by atoms with E-state index < -0.39 is 47.6 Å². The summed E-state index contributed by atoms with van der Waals surface area (Å²) in [7, 11) is 0. The molecule has 1 aliphatic heterocycles. The molecule has 3 aromatic rings. The standard InChI is InChI=1S/C21H20O10/c1-8-14(25)16(27)17(28)21(29-8)31-20-15(26)12-6-11(23)7-13(24)19(12)30-18(20)9-2-4-10(22)5-3-9/h2-8,14,16-17,21-25,27-28H,1H3/t8-,14-,16+,17+,21+/m0/s1. The van der Waals surface area contributed by atoms with Crippen LogP contribution in [0.4, 0.5) is 0 Å². The number of benzene rings is 2. The molecule has 164 valence electrons. The van der Waals surface area contributed by atoms with Crippen molar-refractivity contribution in [1.82, 2.24) is 0 Å². The molecular formula is C21H20O10. The minimum absolute atomic E-state index is 0.0425. The van der Waals surface area contributed by atoms with Crippen molar-refractivity contribution in [2.75, 3.05) is 0 Å². The molecule has 0 spiro atoms. The van der Waals surface area contributed by atoms with Gasteiger partial charge in [0, 0.05) is 11.6 Å². The van der Waals surface area contributed by atoms with Crippen LogP contribution in [0.1, 0.15) is 6.92 Å². The molecule has 5 atom stereocenters. The fraction of sp³-hybridized carbons (Fsp3) is 0.286. The third-order valence-corrected chi connectivity index (χ3v) is 5.09. The SMILES string of the molecule is C[C@@H]1O[C@H](Oc2c(-c3ccc(O)cc3)oc3c(O)cc(O)cc3c2=O)[C@H](O)[C@H](O)[C@H]1O. The third-order valence-electron chi connectivity index (χ3n) is 5.09. The predicted octanol–water partition coefficient (Wildman–Crippen LogP) is 0.783. The average molecular weight is 432 g/mol. The van der Waals surface area contributed by atoms with E-state index in [1.54, 1.807) is 0 Å². The van der Waals surface area contributed by atoms with E-state index in [4.69, 9.17) is 13.9 Å². The van der Waals surface area contributed by atoms with Gasteiger partial charge in [0.2, 0.25) is 17.5 Å². The molecule has 10 heteroatoms. The quantitative estimate of drug-likeness (QED) is 0.348. The Kier molecular flexibility index (Phi) is 5.23. The van der Waals surface area contributed by atoms with Crippen LogP contribution in [0, 0.1) is 0 Å². The van der Waals surface area contributed by atoms with Crippen LogP contribution < -0.4 is 10.2 Å².